The van der Waals surface area contributed by atoms with Gasteiger partial charge in [-0.3, -0.25) is 9.59 Å². The van der Waals surface area contributed by atoms with Crippen LogP contribution < -0.4 is 4.90 Å². The summed E-state index contributed by atoms with van der Waals surface area (Å²) in [5.74, 6) is -15.6. The lowest BCUT2D eigenvalue weighted by Gasteiger charge is -2.31. The molecule has 240 valence electrons. The number of benzene rings is 3. The van der Waals surface area contributed by atoms with Crippen molar-refractivity contribution < 1.29 is 49.8 Å². The number of anilines is 1. The highest BCUT2D eigenvalue weighted by Crippen LogP contribution is 2.32. The second-order valence-electron chi connectivity index (χ2n) is 10.2. The highest BCUT2D eigenvalue weighted by Gasteiger charge is 2.40. The van der Waals surface area contributed by atoms with Crippen molar-refractivity contribution in [1.29, 1.82) is 0 Å². The Bertz CT molecular complexity index is 1720. The molecule has 1 N–H and O–H groups in total. The SMILES string of the molecule is C[C@H](C(=O)N(Cc1ccc(C2CCOCC2)cc1)c1ccc(C(=O)N=O)c(O)c1)N(C)S(=O)(=O)c1c(F)c(F)c(F)c(F)c1F. The molecular formula is C29H26F5N3O7S. The van der Waals surface area contributed by atoms with E-state index >= 15 is 0 Å². The van der Waals surface area contributed by atoms with E-state index in [0.717, 1.165) is 48.4 Å². The van der Waals surface area contributed by atoms with Crippen LogP contribution in [0.15, 0.2) is 52.5 Å². The van der Waals surface area contributed by atoms with Crippen LogP contribution in [0.25, 0.3) is 0 Å². The summed E-state index contributed by atoms with van der Waals surface area (Å²) in [7, 11) is -4.79. The molecule has 2 amide bonds. The first kappa shape index (κ1) is 33.6. The van der Waals surface area contributed by atoms with Crippen LogP contribution in [0.4, 0.5) is 27.6 Å². The highest BCUT2D eigenvalue weighted by molar-refractivity contribution is 7.89. The van der Waals surface area contributed by atoms with Gasteiger partial charge < -0.3 is 14.7 Å². The van der Waals surface area contributed by atoms with Gasteiger partial charge in [-0.25, -0.2) is 30.4 Å². The van der Waals surface area contributed by atoms with Crippen LogP contribution in [0.3, 0.4) is 0 Å². The largest absolute Gasteiger partial charge is 0.507 e. The normalized spacial score (nSPS) is 14.8. The van der Waals surface area contributed by atoms with Crippen LogP contribution in [0.1, 0.15) is 47.2 Å². The fourth-order valence-corrected chi connectivity index (χ4v) is 6.29. The molecule has 1 atom stereocenters. The molecule has 1 heterocycles. The number of nitroso groups, excluding NO2 is 1. The number of phenolic OH excluding ortho intramolecular Hbond substituents is 1. The third-order valence-electron chi connectivity index (χ3n) is 7.59. The van der Waals surface area contributed by atoms with E-state index in [-0.39, 0.29) is 22.5 Å². The first-order valence-electron chi connectivity index (χ1n) is 13.4. The van der Waals surface area contributed by atoms with Gasteiger partial charge in [0.2, 0.25) is 21.7 Å². The number of aromatic hydroxyl groups is 1. The molecule has 4 rings (SSSR count). The second kappa shape index (κ2) is 13.4. The number of nitrogens with zero attached hydrogens (tertiary/aromatic N) is 3. The maximum absolute atomic E-state index is 14.5. The van der Waals surface area contributed by atoms with Crippen molar-refractivity contribution in [3.63, 3.8) is 0 Å². The van der Waals surface area contributed by atoms with Gasteiger partial charge in [-0.15, -0.1) is 4.91 Å². The van der Waals surface area contributed by atoms with E-state index in [4.69, 9.17) is 4.74 Å². The van der Waals surface area contributed by atoms with Crippen LogP contribution in [-0.2, 0) is 26.1 Å². The van der Waals surface area contributed by atoms with Gasteiger partial charge in [0.25, 0.3) is 0 Å². The molecule has 1 aliphatic rings. The fourth-order valence-electron chi connectivity index (χ4n) is 4.87. The Morgan fingerprint density at radius 2 is 1.51 bits per heavy atom. The van der Waals surface area contributed by atoms with Crippen LogP contribution in [0, 0.1) is 34.0 Å². The summed E-state index contributed by atoms with van der Waals surface area (Å²) in [6.45, 7) is 1.97. The Hall–Kier alpha value is -4.28. The zero-order valence-electron chi connectivity index (χ0n) is 23.8. The number of halogens is 5. The minimum absolute atomic E-state index is 0.0951. The quantitative estimate of drug-likeness (QED) is 0.146. The molecule has 10 nitrogen and oxygen atoms in total. The molecule has 16 heteroatoms. The van der Waals surface area contributed by atoms with Crippen LogP contribution in [-0.4, -0.2) is 55.9 Å². The van der Waals surface area contributed by atoms with E-state index in [1.165, 1.54) is 0 Å². The summed E-state index contributed by atoms with van der Waals surface area (Å²) in [6, 6.07) is 8.39. The smallest absolute Gasteiger partial charge is 0.320 e. The molecule has 1 saturated heterocycles. The number of amides is 2. The van der Waals surface area contributed by atoms with Crippen molar-refractivity contribution in [2.75, 3.05) is 25.2 Å². The average Bonchev–Trinajstić information content (AvgIpc) is 3.04. The van der Waals surface area contributed by atoms with Gasteiger partial charge in [0, 0.05) is 37.2 Å². The third kappa shape index (κ3) is 6.57. The topological polar surface area (TPSA) is 134 Å². The lowest BCUT2D eigenvalue weighted by molar-refractivity contribution is -0.121. The maximum Gasteiger partial charge on any atom is 0.320 e. The van der Waals surface area contributed by atoms with Crippen LogP contribution in [0.2, 0.25) is 0 Å². The van der Waals surface area contributed by atoms with Crippen molar-refractivity contribution in [3.05, 3.63) is 93.1 Å². The number of sulfonamides is 1. The van der Waals surface area contributed by atoms with Crippen LogP contribution >= 0.6 is 0 Å². The maximum atomic E-state index is 14.5. The summed E-state index contributed by atoms with van der Waals surface area (Å²) >= 11 is 0. The van der Waals surface area contributed by atoms with Gasteiger partial charge in [-0.1, -0.05) is 24.3 Å². The number of carbonyl (C=O) groups excluding carboxylic acids is 2. The van der Waals surface area contributed by atoms with Crippen LogP contribution in [0.5, 0.6) is 5.75 Å². The van der Waals surface area contributed by atoms with E-state index in [9.17, 15) is 50.0 Å². The molecule has 3 aromatic carbocycles. The molecule has 45 heavy (non-hydrogen) atoms. The number of rotatable bonds is 9. The molecule has 0 unspecified atom stereocenters. The zero-order chi connectivity index (χ0) is 33.2. The average molecular weight is 656 g/mol. The first-order chi connectivity index (χ1) is 21.2. The fraction of sp³-hybridized carbons (Fsp3) is 0.310. The van der Waals surface area contributed by atoms with E-state index in [2.05, 4.69) is 5.18 Å². The number of likely N-dealkylation sites (N-methyl/N-ethyl adjacent to an activating group) is 1. The second-order valence-corrected chi connectivity index (χ2v) is 12.2. The molecule has 1 aliphatic heterocycles. The number of phenols is 1. The zero-order valence-corrected chi connectivity index (χ0v) is 24.6. The van der Waals surface area contributed by atoms with E-state index in [0.29, 0.717) is 25.8 Å². The molecule has 0 bridgehead atoms. The van der Waals surface area contributed by atoms with Gasteiger partial charge >= 0.3 is 5.91 Å². The van der Waals surface area contributed by atoms with Gasteiger partial charge in [-0.05, 0) is 48.9 Å². The Morgan fingerprint density at radius 1 is 0.956 bits per heavy atom. The van der Waals surface area contributed by atoms with Gasteiger partial charge in [0.05, 0.1) is 12.1 Å². The highest BCUT2D eigenvalue weighted by atomic mass is 32.2. The predicted octanol–water partition coefficient (Wildman–Crippen LogP) is 5.13. The lowest BCUT2D eigenvalue weighted by Crippen LogP contribution is -2.48. The molecule has 3 aromatic rings. The number of ether oxygens (including phenoxy) is 1. The van der Waals surface area contributed by atoms with Gasteiger partial charge in [0.15, 0.2) is 28.2 Å². The summed E-state index contributed by atoms with van der Waals surface area (Å²) in [5, 5.41) is 12.6. The molecule has 0 aromatic heterocycles. The monoisotopic (exact) mass is 655 g/mol. The predicted molar refractivity (Wildman–Crippen MR) is 149 cm³/mol. The van der Waals surface area contributed by atoms with Crippen molar-refractivity contribution >= 4 is 27.5 Å². The molecule has 0 radical (unpaired) electrons. The van der Waals surface area contributed by atoms with Crippen molar-refractivity contribution in [1.82, 2.24) is 4.31 Å². The molecule has 0 aliphatic carbocycles. The van der Waals surface area contributed by atoms with Crippen molar-refractivity contribution in [2.24, 2.45) is 5.18 Å². The number of carbonyl (C=O) groups is 2. The minimum Gasteiger partial charge on any atom is -0.507 e. The van der Waals surface area contributed by atoms with E-state index < -0.39 is 73.2 Å². The van der Waals surface area contributed by atoms with E-state index in [1.54, 1.807) is 12.1 Å². The Labute approximate surface area is 254 Å². The van der Waals surface area contributed by atoms with Crippen molar-refractivity contribution in [2.45, 2.75) is 43.2 Å². The minimum atomic E-state index is -5.50. The Balaban J connectivity index is 1.72. The molecule has 1 fully saturated rings. The standard InChI is InChI=1S/C29H26F5N3O7S/c1-15(36(2)45(42,43)27-25(33)23(31)22(30)24(32)26(27)34)29(40)37(19-7-8-20(21(38)13-19)28(39)35-41)14-16-3-5-17(6-4-16)18-9-11-44-12-10-18/h3-8,13,15,18,38H,9-12,14H2,1-2H3/t15-/m1/s1. The third-order valence-corrected chi connectivity index (χ3v) is 9.54. The Morgan fingerprint density at radius 3 is 2.04 bits per heavy atom. The first-order valence-corrected chi connectivity index (χ1v) is 14.8. The lowest BCUT2D eigenvalue weighted by atomic mass is 9.91. The van der Waals surface area contributed by atoms with Gasteiger partial charge in [-0.2, -0.15) is 4.31 Å². The summed E-state index contributed by atoms with van der Waals surface area (Å²) in [4.78, 5) is 35.1. The number of hydrogen-bond donors (Lipinski definition) is 1. The van der Waals surface area contributed by atoms with Gasteiger partial charge in [0.1, 0.15) is 11.8 Å². The van der Waals surface area contributed by atoms with Crippen molar-refractivity contribution in [3.8, 4) is 5.75 Å². The molecule has 0 spiro atoms. The summed E-state index contributed by atoms with van der Waals surface area (Å²) in [5.41, 5.74) is 0.956. The number of hydrogen-bond acceptors (Lipinski definition) is 7. The molecule has 0 saturated carbocycles. The summed E-state index contributed by atoms with van der Waals surface area (Å²) < 4.78 is 102. The summed E-state index contributed by atoms with van der Waals surface area (Å²) in [6.07, 6.45) is 1.62. The Kier molecular flexibility index (Phi) is 9.99. The van der Waals surface area contributed by atoms with E-state index in [1.807, 2.05) is 12.1 Å². The molecular weight excluding hydrogens is 629 g/mol.